The third-order valence-corrected chi connectivity index (χ3v) is 5.56. The molecule has 0 aliphatic carbocycles. The second kappa shape index (κ2) is 12.2. The van der Waals surface area contributed by atoms with Gasteiger partial charge in [-0.2, -0.15) is 0 Å². The van der Waals surface area contributed by atoms with E-state index in [0.29, 0.717) is 30.8 Å². The molecule has 6 nitrogen and oxygen atoms in total. The monoisotopic (exact) mass is 469 g/mol. The van der Waals surface area contributed by atoms with Gasteiger partial charge in [-0.05, 0) is 64.4 Å². The summed E-state index contributed by atoms with van der Waals surface area (Å²) in [5.41, 5.74) is 8.63. The Morgan fingerprint density at radius 1 is 1.14 bits per heavy atom. The Labute approximate surface area is 209 Å². The molecule has 0 fully saturated rings. The maximum atomic E-state index is 5.91. The first-order valence-electron chi connectivity index (χ1n) is 12.1. The lowest BCUT2D eigenvalue weighted by Crippen LogP contribution is -2.45. The molecule has 2 aromatic carbocycles. The van der Waals surface area contributed by atoms with Gasteiger partial charge in [-0.25, -0.2) is 9.97 Å². The predicted octanol–water partition coefficient (Wildman–Crippen LogP) is 4.99. The Morgan fingerprint density at radius 3 is 2.69 bits per heavy atom. The molecular weight excluding hydrogens is 434 g/mol. The van der Waals surface area contributed by atoms with Crippen molar-refractivity contribution in [2.45, 2.75) is 58.5 Å². The van der Waals surface area contributed by atoms with Crippen LogP contribution in [0.15, 0.2) is 42.7 Å². The minimum absolute atomic E-state index is 0.334. The highest BCUT2D eigenvalue weighted by molar-refractivity contribution is 5.93. The second-order valence-electron chi connectivity index (χ2n) is 8.95. The lowest BCUT2D eigenvalue weighted by Gasteiger charge is -2.27. The summed E-state index contributed by atoms with van der Waals surface area (Å²) in [6.07, 6.45) is 10.2. The number of rotatable bonds is 10. The van der Waals surface area contributed by atoms with Crippen molar-refractivity contribution < 1.29 is 4.74 Å². The smallest absolute Gasteiger partial charge is 0.141 e. The molecule has 3 aromatic rings. The van der Waals surface area contributed by atoms with Gasteiger partial charge in [0.05, 0.1) is 23.2 Å². The first-order chi connectivity index (χ1) is 16.9. The number of ether oxygens (including phenoxy) is 1. The maximum Gasteiger partial charge on any atom is 0.141 e. The zero-order chi connectivity index (χ0) is 25.3. The fraction of sp³-hybridized carbons (Fsp3) is 0.379. The zero-order valence-corrected chi connectivity index (χ0v) is 21.1. The van der Waals surface area contributed by atoms with Crippen LogP contribution >= 0.6 is 0 Å². The maximum absolute atomic E-state index is 5.91. The van der Waals surface area contributed by atoms with Crippen LogP contribution in [0.4, 0.5) is 11.5 Å². The molecule has 0 radical (unpaired) electrons. The minimum atomic E-state index is -0.391. The summed E-state index contributed by atoms with van der Waals surface area (Å²) in [7, 11) is 0. The van der Waals surface area contributed by atoms with E-state index in [1.807, 2.05) is 43.3 Å². The molecule has 0 saturated carbocycles. The molecule has 0 saturated heterocycles. The number of hydrogen-bond acceptors (Lipinski definition) is 6. The molecule has 1 aromatic heterocycles. The highest BCUT2D eigenvalue weighted by Gasteiger charge is 2.19. The van der Waals surface area contributed by atoms with Crippen molar-refractivity contribution in [3.63, 3.8) is 0 Å². The number of terminal acetylenes is 1. The van der Waals surface area contributed by atoms with Gasteiger partial charge in [0.25, 0.3) is 0 Å². The largest absolute Gasteiger partial charge is 0.492 e. The van der Waals surface area contributed by atoms with Crippen molar-refractivity contribution in [3.05, 3.63) is 53.9 Å². The summed E-state index contributed by atoms with van der Waals surface area (Å²) in [4.78, 5) is 8.93. The van der Waals surface area contributed by atoms with E-state index in [1.54, 1.807) is 0 Å². The van der Waals surface area contributed by atoms with E-state index in [4.69, 9.17) is 16.9 Å². The Morgan fingerprint density at radius 2 is 1.97 bits per heavy atom. The van der Waals surface area contributed by atoms with E-state index in [1.165, 1.54) is 6.33 Å². The molecular formula is C29H35N5O. The number of aromatic nitrogens is 2. The SMILES string of the molecule is C#Cc1cccc(Nc2ncnc3cc(OCC)c(C#CC(C)(C)NC(CCC)CCN)cc23)c1. The highest BCUT2D eigenvalue weighted by atomic mass is 16.5. The molecule has 0 bridgehead atoms. The molecule has 4 N–H and O–H groups in total. The van der Waals surface area contributed by atoms with Crippen LogP contribution in [-0.4, -0.2) is 34.7 Å². The number of nitrogens with zero attached hydrogens (tertiary/aromatic N) is 2. The van der Waals surface area contributed by atoms with Gasteiger partial charge in [0, 0.05) is 28.7 Å². The van der Waals surface area contributed by atoms with Crippen LogP contribution in [0.25, 0.3) is 10.9 Å². The first-order valence-corrected chi connectivity index (χ1v) is 12.1. The minimum Gasteiger partial charge on any atom is -0.492 e. The Hall–Kier alpha value is -3.58. The van der Waals surface area contributed by atoms with Crippen LogP contribution in [0.1, 0.15) is 58.1 Å². The molecule has 1 heterocycles. The lowest BCUT2D eigenvalue weighted by molar-refractivity contribution is 0.339. The van der Waals surface area contributed by atoms with Gasteiger partial charge < -0.3 is 15.8 Å². The predicted molar refractivity (Wildman–Crippen MR) is 145 cm³/mol. The number of anilines is 2. The van der Waals surface area contributed by atoms with Crippen LogP contribution < -0.4 is 21.1 Å². The van der Waals surface area contributed by atoms with E-state index >= 15 is 0 Å². The molecule has 0 spiro atoms. The van der Waals surface area contributed by atoms with Gasteiger partial charge in [-0.15, -0.1) is 6.42 Å². The van der Waals surface area contributed by atoms with Gasteiger partial charge in [0.15, 0.2) is 0 Å². The van der Waals surface area contributed by atoms with Crippen molar-refractivity contribution >= 4 is 22.4 Å². The Kier molecular flexibility index (Phi) is 9.09. The standard InChI is InChI=1S/C29H35N5O/c1-6-10-23(14-16-30)34-29(4,5)15-13-22-18-25-26(19-27(22)35-8-3)31-20-32-28(25)33-24-12-9-11-21(7-2)17-24/h2,9,11-12,17-20,23,34H,6,8,10,14,16,30H2,1,3-5H3,(H,31,32,33). The van der Waals surface area contributed by atoms with Crippen molar-refractivity contribution in [1.82, 2.24) is 15.3 Å². The Balaban J connectivity index is 1.99. The molecule has 1 atom stereocenters. The number of nitrogens with one attached hydrogen (secondary N) is 2. The molecule has 3 rings (SSSR count). The summed E-state index contributed by atoms with van der Waals surface area (Å²) in [6, 6.07) is 11.9. The van der Waals surface area contributed by atoms with E-state index in [2.05, 4.69) is 59.1 Å². The third-order valence-electron chi connectivity index (χ3n) is 5.56. The molecule has 182 valence electrons. The highest BCUT2D eigenvalue weighted by Crippen LogP contribution is 2.30. The normalized spacial score (nSPS) is 11.9. The van der Waals surface area contributed by atoms with Crippen molar-refractivity contribution in [2.75, 3.05) is 18.5 Å². The van der Waals surface area contributed by atoms with E-state index < -0.39 is 5.54 Å². The van der Waals surface area contributed by atoms with Crippen LogP contribution in [0, 0.1) is 24.2 Å². The zero-order valence-electron chi connectivity index (χ0n) is 21.1. The van der Waals surface area contributed by atoms with Crippen molar-refractivity contribution in [3.8, 4) is 29.9 Å². The fourth-order valence-electron chi connectivity index (χ4n) is 3.99. The number of fused-ring (bicyclic) bond motifs is 1. The quantitative estimate of drug-likeness (QED) is 0.363. The number of benzene rings is 2. The van der Waals surface area contributed by atoms with Crippen molar-refractivity contribution in [1.29, 1.82) is 0 Å². The molecule has 0 amide bonds. The summed E-state index contributed by atoms with van der Waals surface area (Å²) in [6.45, 7) is 9.51. The molecule has 6 heteroatoms. The molecule has 1 unspecified atom stereocenters. The summed E-state index contributed by atoms with van der Waals surface area (Å²) in [5.74, 6) is 10.8. The average Bonchev–Trinajstić information content (AvgIpc) is 2.83. The topological polar surface area (TPSA) is 85.1 Å². The van der Waals surface area contributed by atoms with Crippen LogP contribution in [0.3, 0.4) is 0 Å². The van der Waals surface area contributed by atoms with Gasteiger partial charge >= 0.3 is 0 Å². The summed E-state index contributed by atoms with van der Waals surface area (Å²) >= 11 is 0. The first kappa shape index (κ1) is 26.0. The van der Waals surface area contributed by atoms with Crippen molar-refractivity contribution in [2.24, 2.45) is 5.73 Å². The summed E-state index contributed by atoms with van der Waals surface area (Å²) in [5, 5.41) is 7.88. The summed E-state index contributed by atoms with van der Waals surface area (Å²) < 4.78 is 5.91. The number of hydrogen-bond donors (Lipinski definition) is 3. The molecule has 0 aliphatic heterocycles. The van der Waals surface area contributed by atoms with Crippen LogP contribution in [-0.2, 0) is 0 Å². The third kappa shape index (κ3) is 7.20. The van der Waals surface area contributed by atoms with E-state index in [0.717, 1.165) is 47.0 Å². The van der Waals surface area contributed by atoms with E-state index in [-0.39, 0.29) is 0 Å². The second-order valence-corrected chi connectivity index (χ2v) is 8.95. The average molecular weight is 470 g/mol. The van der Waals surface area contributed by atoms with Gasteiger partial charge in [0.2, 0.25) is 0 Å². The van der Waals surface area contributed by atoms with Gasteiger partial charge in [-0.1, -0.05) is 37.2 Å². The van der Waals surface area contributed by atoms with Crippen LogP contribution in [0.5, 0.6) is 5.75 Å². The molecule has 35 heavy (non-hydrogen) atoms. The van der Waals surface area contributed by atoms with E-state index in [9.17, 15) is 0 Å². The Bertz CT molecular complexity index is 1240. The van der Waals surface area contributed by atoms with Gasteiger partial charge in [0.1, 0.15) is 17.9 Å². The fourth-order valence-corrected chi connectivity index (χ4v) is 3.99. The molecule has 0 aliphatic rings. The number of nitrogens with two attached hydrogens (primary N) is 1. The van der Waals surface area contributed by atoms with Gasteiger partial charge in [-0.3, -0.25) is 5.32 Å². The van der Waals surface area contributed by atoms with Crippen LogP contribution in [0.2, 0.25) is 0 Å². The lowest BCUT2D eigenvalue weighted by atomic mass is 10.00.